The van der Waals surface area contributed by atoms with Crippen LogP contribution >= 0.6 is 12.2 Å². The number of para-hydroxylation sites is 1. The summed E-state index contributed by atoms with van der Waals surface area (Å²) in [5.41, 5.74) is 2.62. The van der Waals surface area contributed by atoms with E-state index < -0.39 is 0 Å². The van der Waals surface area contributed by atoms with Crippen LogP contribution in [0.2, 0.25) is 0 Å². The Bertz CT molecular complexity index is 877. The molecule has 1 aliphatic heterocycles. The molecule has 0 amide bonds. The minimum Gasteiger partial charge on any atom is -0.457 e. The van der Waals surface area contributed by atoms with Gasteiger partial charge in [0.15, 0.2) is 10.9 Å². The van der Waals surface area contributed by atoms with Crippen molar-refractivity contribution in [3.8, 4) is 11.5 Å². The number of carbonyl (C=O) groups excluding carboxylic acids is 1. The zero-order chi connectivity index (χ0) is 19.4. The van der Waals surface area contributed by atoms with E-state index in [2.05, 4.69) is 12.2 Å². The third kappa shape index (κ3) is 4.19. The van der Waals surface area contributed by atoms with Crippen molar-refractivity contribution >= 4 is 23.1 Å². The number of nitrogens with one attached hydrogen (secondary N) is 1. The molecule has 0 aliphatic carbocycles. The highest BCUT2D eigenvalue weighted by Crippen LogP contribution is 2.33. The molecule has 140 valence electrons. The van der Waals surface area contributed by atoms with Gasteiger partial charge in [0.2, 0.25) is 0 Å². The SMILES string of the molecule is CCCN1C(=S)NC(c2cccc(Oc3ccccc3)c2)C(C(C)=O)=C1C. The van der Waals surface area contributed by atoms with Crippen LogP contribution in [-0.4, -0.2) is 22.3 Å². The van der Waals surface area contributed by atoms with Gasteiger partial charge in [-0.3, -0.25) is 4.79 Å². The first-order valence-corrected chi connectivity index (χ1v) is 9.54. The van der Waals surface area contributed by atoms with E-state index in [4.69, 9.17) is 17.0 Å². The predicted molar refractivity (Wildman–Crippen MR) is 112 cm³/mol. The first kappa shape index (κ1) is 19.1. The normalized spacial score (nSPS) is 16.9. The van der Waals surface area contributed by atoms with Crippen LogP contribution in [0.4, 0.5) is 0 Å². The van der Waals surface area contributed by atoms with Gasteiger partial charge in [-0.2, -0.15) is 0 Å². The van der Waals surface area contributed by atoms with E-state index >= 15 is 0 Å². The lowest BCUT2D eigenvalue weighted by Crippen LogP contribution is -2.47. The molecule has 0 fully saturated rings. The van der Waals surface area contributed by atoms with E-state index in [1.807, 2.05) is 66.4 Å². The van der Waals surface area contributed by atoms with Crippen molar-refractivity contribution in [2.24, 2.45) is 0 Å². The van der Waals surface area contributed by atoms with Crippen LogP contribution in [0.5, 0.6) is 11.5 Å². The Hall–Kier alpha value is -2.66. The number of ketones is 1. The molecule has 4 nitrogen and oxygen atoms in total. The molecule has 0 saturated heterocycles. The van der Waals surface area contributed by atoms with Gasteiger partial charge in [-0.15, -0.1) is 0 Å². The maximum Gasteiger partial charge on any atom is 0.173 e. The van der Waals surface area contributed by atoms with Gasteiger partial charge < -0.3 is 15.0 Å². The van der Waals surface area contributed by atoms with Gasteiger partial charge in [0, 0.05) is 17.8 Å². The Balaban J connectivity index is 1.96. The lowest BCUT2D eigenvalue weighted by molar-refractivity contribution is -0.114. The molecule has 5 heteroatoms. The summed E-state index contributed by atoms with van der Waals surface area (Å²) in [5.74, 6) is 1.54. The van der Waals surface area contributed by atoms with Crippen LogP contribution in [0.25, 0.3) is 0 Å². The Kier molecular flexibility index (Phi) is 5.91. The summed E-state index contributed by atoms with van der Waals surface area (Å²) < 4.78 is 5.95. The van der Waals surface area contributed by atoms with Gasteiger partial charge in [-0.05, 0) is 62.3 Å². The van der Waals surface area contributed by atoms with Crippen molar-refractivity contribution in [1.82, 2.24) is 10.2 Å². The summed E-state index contributed by atoms with van der Waals surface area (Å²) in [7, 11) is 0. The van der Waals surface area contributed by atoms with Crippen LogP contribution in [0.3, 0.4) is 0 Å². The minimum absolute atomic E-state index is 0.0444. The third-order valence-corrected chi connectivity index (χ3v) is 4.93. The predicted octanol–water partition coefficient (Wildman–Crippen LogP) is 4.98. The van der Waals surface area contributed by atoms with Crippen LogP contribution in [0.1, 0.15) is 38.8 Å². The van der Waals surface area contributed by atoms with Gasteiger partial charge in [-0.1, -0.05) is 37.3 Å². The molecule has 1 aliphatic rings. The average Bonchev–Trinajstić information content (AvgIpc) is 2.65. The number of thiocarbonyl (C=S) groups is 1. The molecule has 27 heavy (non-hydrogen) atoms. The smallest absolute Gasteiger partial charge is 0.173 e. The number of allylic oxidation sites excluding steroid dienone is 1. The van der Waals surface area contributed by atoms with E-state index in [1.165, 1.54) is 0 Å². The molecule has 3 rings (SSSR count). The molecule has 0 saturated carbocycles. The second-order valence-corrected chi connectivity index (χ2v) is 6.96. The van der Waals surface area contributed by atoms with Crippen LogP contribution < -0.4 is 10.1 Å². The number of rotatable bonds is 6. The summed E-state index contributed by atoms with van der Waals surface area (Å²) in [5, 5.41) is 4.00. The van der Waals surface area contributed by atoms with Crippen molar-refractivity contribution in [3.63, 3.8) is 0 Å². The first-order valence-electron chi connectivity index (χ1n) is 9.14. The zero-order valence-corrected chi connectivity index (χ0v) is 16.7. The van der Waals surface area contributed by atoms with Gasteiger partial charge in [0.05, 0.1) is 6.04 Å². The minimum atomic E-state index is -0.276. The summed E-state index contributed by atoms with van der Waals surface area (Å²) in [4.78, 5) is 14.4. The monoisotopic (exact) mass is 380 g/mol. The average molecular weight is 381 g/mol. The van der Waals surface area contributed by atoms with Crippen molar-refractivity contribution in [1.29, 1.82) is 0 Å². The number of hydrogen-bond acceptors (Lipinski definition) is 3. The maximum atomic E-state index is 12.4. The van der Waals surface area contributed by atoms with Gasteiger partial charge in [-0.25, -0.2) is 0 Å². The summed E-state index contributed by atoms with van der Waals surface area (Å²) in [6, 6.07) is 17.2. The number of ether oxygens (including phenoxy) is 1. The van der Waals surface area contributed by atoms with Crippen LogP contribution in [0, 0.1) is 0 Å². The van der Waals surface area contributed by atoms with Crippen molar-refractivity contribution in [2.75, 3.05) is 6.54 Å². The zero-order valence-electron chi connectivity index (χ0n) is 15.9. The first-order chi connectivity index (χ1) is 13.0. The molecule has 0 spiro atoms. The molecule has 0 bridgehead atoms. The highest BCUT2D eigenvalue weighted by atomic mass is 32.1. The van der Waals surface area contributed by atoms with E-state index in [9.17, 15) is 4.79 Å². The number of hydrogen-bond donors (Lipinski definition) is 1. The van der Waals surface area contributed by atoms with Gasteiger partial charge in [0.25, 0.3) is 0 Å². The number of Topliss-reactive ketones (excluding diaryl/α,β-unsaturated/α-hetero) is 1. The molecule has 1 atom stereocenters. The Morgan fingerprint density at radius 2 is 1.85 bits per heavy atom. The number of benzene rings is 2. The largest absolute Gasteiger partial charge is 0.457 e. The second kappa shape index (κ2) is 8.35. The molecule has 0 aromatic heterocycles. The van der Waals surface area contributed by atoms with E-state index in [0.717, 1.165) is 41.3 Å². The van der Waals surface area contributed by atoms with Crippen molar-refractivity contribution in [3.05, 3.63) is 71.4 Å². The molecular formula is C22H24N2O2S. The Morgan fingerprint density at radius 1 is 1.15 bits per heavy atom. The van der Waals surface area contributed by atoms with Gasteiger partial charge >= 0.3 is 0 Å². The molecule has 0 radical (unpaired) electrons. The fourth-order valence-corrected chi connectivity index (χ4v) is 3.71. The van der Waals surface area contributed by atoms with E-state index in [0.29, 0.717) is 5.11 Å². The van der Waals surface area contributed by atoms with Crippen LogP contribution in [0.15, 0.2) is 65.9 Å². The van der Waals surface area contributed by atoms with Crippen molar-refractivity contribution in [2.45, 2.75) is 33.2 Å². The van der Waals surface area contributed by atoms with Crippen LogP contribution in [-0.2, 0) is 4.79 Å². The maximum absolute atomic E-state index is 12.4. The van der Waals surface area contributed by atoms with Crippen molar-refractivity contribution < 1.29 is 9.53 Å². The fourth-order valence-electron chi connectivity index (χ4n) is 3.36. The van der Waals surface area contributed by atoms with E-state index in [-0.39, 0.29) is 11.8 Å². The molecule has 2 aromatic rings. The molecule has 2 aromatic carbocycles. The Labute approximate surface area is 165 Å². The fraction of sp³-hybridized carbons (Fsp3) is 0.273. The highest BCUT2D eigenvalue weighted by molar-refractivity contribution is 7.80. The second-order valence-electron chi connectivity index (χ2n) is 6.58. The third-order valence-electron chi connectivity index (χ3n) is 4.59. The molecule has 1 N–H and O–H groups in total. The molecule has 1 heterocycles. The van der Waals surface area contributed by atoms with Gasteiger partial charge in [0.1, 0.15) is 11.5 Å². The lowest BCUT2D eigenvalue weighted by atomic mass is 9.92. The number of carbonyl (C=O) groups is 1. The summed E-state index contributed by atoms with van der Waals surface area (Å²) in [6.07, 6.45) is 0.954. The standard InChI is InChI=1S/C22H24N2O2S/c1-4-13-24-15(2)20(16(3)25)21(23-22(24)27)17-9-8-12-19(14-17)26-18-10-6-5-7-11-18/h5-12,14,21H,4,13H2,1-3H3,(H,23,27). The Morgan fingerprint density at radius 3 is 2.52 bits per heavy atom. The number of nitrogens with zero attached hydrogens (tertiary/aromatic N) is 1. The summed E-state index contributed by atoms with van der Waals surface area (Å²) >= 11 is 5.56. The molecular weight excluding hydrogens is 356 g/mol. The lowest BCUT2D eigenvalue weighted by Gasteiger charge is -2.37. The van der Waals surface area contributed by atoms with E-state index in [1.54, 1.807) is 6.92 Å². The topological polar surface area (TPSA) is 41.6 Å². The summed E-state index contributed by atoms with van der Waals surface area (Å²) in [6.45, 7) is 6.46. The quantitative estimate of drug-likeness (QED) is 0.716. The molecule has 1 unspecified atom stereocenters. The highest BCUT2D eigenvalue weighted by Gasteiger charge is 2.31.